The number of halogens is 4. The third kappa shape index (κ3) is 4.79. The number of hydrogen-bond donors (Lipinski definition) is 1. The first kappa shape index (κ1) is 25.9. The Hall–Kier alpha value is -2.77. The Balaban J connectivity index is 1.58. The number of rotatable bonds is 5. The normalized spacial score (nSPS) is 15.6. The van der Waals surface area contributed by atoms with Crippen LogP contribution >= 0.6 is 38.6 Å². The third-order valence-electron chi connectivity index (χ3n) is 6.03. The topological polar surface area (TPSA) is 85.6 Å². The summed E-state index contributed by atoms with van der Waals surface area (Å²) in [5.41, 5.74) is -0.215. The fourth-order valence-electron chi connectivity index (χ4n) is 4.31. The third-order valence-corrected chi connectivity index (χ3v) is 8.82. The molecule has 1 atom stereocenters. The zero-order chi connectivity index (χ0) is 26.5. The summed E-state index contributed by atoms with van der Waals surface area (Å²) >= 11 is 5.78. The quantitative estimate of drug-likeness (QED) is 0.249. The molecule has 1 amide bonds. The van der Waals surface area contributed by atoms with Gasteiger partial charge in [-0.2, -0.15) is 18.3 Å². The lowest BCUT2D eigenvalue weighted by Gasteiger charge is -2.18. The minimum atomic E-state index is -4.74. The lowest BCUT2D eigenvalue weighted by Crippen LogP contribution is -2.18. The van der Waals surface area contributed by atoms with E-state index in [-0.39, 0.29) is 28.1 Å². The van der Waals surface area contributed by atoms with E-state index in [1.807, 2.05) is 0 Å². The fraction of sp³-hybridized carbons (Fsp3) is 0.333. The van der Waals surface area contributed by atoms with Crippen molar-refractivity contribution < 1.29 is 27.5 Å². The molecule has 4 aromatic rings. The van der Waals surface area contributed by atoms with Crippen molar-refractivity contribution in [2.75, 3.05) is 11.9 Å². The largest absolute Gasteiger partial charge is 0.462 e. The van der Waals surface area contributed by atoms with Gasteiger partial charge in [-0.1, -0.05) is 13.0 Å². The maximum absolute atomic E-state index is 14.0. The van der Waals surface area contributed by atoms with Crippen molar-refractivity contribution in [1.29, 1.82) is 0 Å². The number of esters is 1. The number of carbonyl (C=O) groups excluding carboxylic acids is 2. The molecule has 0 aliphatic heterocycles. The molecule has 1 N–H and O–H groups in total. The van der Waals surface area contributed by atoms with Crippen molar-refractivity contribution >= 4 is 61.1 Å². The number of alkyl halides is 3. The van der Waals surface area contributed by atoms with E-state index in [0.717, 1.165) is 29.3 Å². The molecule has 7 nitrogen and oxygen atoms in total. The Morgan fingerprint density at radius 1 is 1.35 bits per heavy atom. The van der Waals surface area contributed by atoms with Gasteiger partial charge in [0.15, 0.2) is 17.0 Å². The number of amides is 1. The van der Waals surface area contributed by atoms with Gasteiger partial charge in [-0.15, -0.1) is 22.7 Å². The van der Waals surface area contributed by atoms with Crippen molar-refractivity contribution in [3.05, 3.63) is 55.4 Å². The minimum Gasteiger partial charge on any atom is -0.462 e. The molecular weight excluding hydrogens is 593 g/mol. The van der Waals surface area contributed by atoms with E-state index in [1.54, 1.807) is 24.4 Å². The van der Waals surface area contributed by atoms with Gasteiger partial charge in [-0.25, -0.2) is 14.3 Å². The average molecular weight is 613 g/mol. The van der Waals surface area contributed by atoms with E-state index in [4.69, 9.17) is 4.74 Å². The number of anilines is 1. The van der Waals surface area contributed by atoms with Crippen molar-refractivity contribution in [3.8, 4) is 10.6 Å². The van der Waals surface area contributed by atoms with Crippen LogP contribution in [0, 0.1) is 5.92 Å². The smallest absolute Gasteiger partial charge is 0.433 e. The van der Waals surface area contributed by atoms with Crippen LogP contribution in [0.25, 0.3) is 16.2 Å². The van der Waals surface area contributed by atoms with Crippen LogP contribution in [0.3, 0.4) is 0 Å². The zero-order valence-corrected chi connectivity index (χ0v) is 22.8. The Morgan fingerprint density at radius 3 is 2.81 bits per heavy atom. The van der Waals surface area contributed by atoms with Gasteiger partial charge in [0.05, 0.1) is 27.2 Å². The number of nitrogens with one attached hydrogen (secondary N) is 1. The molecule has 1 unspecified atom stereocenters. The van der Waals surface area contributed by atoms with Crippen LogP contribution in [0.1, 0.15) is 57.2 Å². The monoisotopic (exact) mass is 612 g/mol. The Labute approximate surface area is 225 Å². The molecule has 194 valence electrons. The number of hydrogen-bond acceptors (Lipinski definition) is 7. The van der Waals surface area contributed by atoms with Gasteiger partial charge in [0.25, 0.3) is 5.91 Å². The molecule has 0 aromatic carbocycles. The standard InChI is InChI=1S/C24H20BrF3N4O3S2/c1-3-35-23(34)17-12-7-6-11(2)9-15(12)37-22(17)30-21(33)19-18(25)20-29-13(14-5-4-8-36-14)10-16(24(26,27)28)32(20)31-19/h4-5,8,10-11H,3,6-7,9H2,1-2H3,(H,30,33). The molecule has 37 heavy (non-hydrogen) atoms. The molecule has 4 aromatic heterocycles. The fourth-order valence-corrected chi connectivity index (χ4v) is 6.91. The summed E-state index contributed by atoms with van der Waals surface area (Å²) in [7, 11) is 0. The minimum absolute atomic E-state index is 0.0153. The second-order valence-electron chi connectivity index (χ2n) is 8.63. The van der Waals surface area contributed by atoms with Crippen LogP contribution < -0.4 is 5.32 Å². The molecule has 1 aliphatic rings. The highest BCUT2D eigenvalue weighted by atomic mass is 79.9. The van der Waals surface area contributed by atoms with Crippen LogP contribution in [0.15, 0.2) is 28.1 Å². The molecule has 5 rings (SSSR count). The van der Waals surface area contributed by atoms with Crippen molar-refractivity contribution in [3.63, 3.8) is 0 Å². The average Bonchev–Trinajstić information content (AvgIpc) is 3.55. The highest BCUT2D eigenvalue weighted by molar-refractivity contribution is 9.10. The second-order valence-corrected chi connectivity index (χ2v) is 11.5. The summed E-state index contributed by atoms with van der Waals surface area (Å²) in [4.78, 5) is 32.0. The summed E-state index contributed by atoms with van der Waals surface area (Å²) in [6.07, 6.45) is -2.39. The molecule has 0 radical (unpaired) electrons. The maximum Gasteiger partial charge on any atom is 0.433 e. The summed E-state index contributed by atoms with van der Waals surface area (Å²) in [5.74, 6) is -0.873. The van der Waals surface area contributed by atoms with Crippen molar-refractivity contribution in [2.24, 2.45) is 5.92 Å². The molecule has 0 spiro atoms. The Morgan fingerprint density at radius 2 is 2.14 bits per heavy atom. The van der Waals surface area contributed by atoms with E-state index in [0.29, 0.717) is 32.3 Å². The van der Waals surface area contributed by atoms with E-state index in [2.05, 4.69) is 38.3 Å². The van der Waals surface area contributed by atoms with Gasteiger partial charge in [0.2, 0.25) is 0 Å². The van der Waals surface area contributed by atoms with Gasteiger partial charge < -0.3 is 10.1 Å². The molecule has 1 aliphatic carbocycles. The second kappa shape index (κ2) is 9.84. The number of thiophene rings is 2. The van der Waals surface area contributed by atoms with Gasteiger partial charge in [-0.3, -0.25) is 4.79 Å². The molecule has 0 bridgehead atoms. The summed E-state index contributed by atoms with van der Waals surface area (Å²) in [5, 5.41) is 8.71. The van der Waals surface area contributed by atoms with Crippen LogP contribution in [-0.4, -0.2) is 33.1 Å². The SMILES string of the molecule is CCOC(=O)c1c(NC(=O)c2nn3c(C(F)(F)F)cc(-c4cccs4)nc3c2Br)sc2c1CCC(C)C2. The van der Waals surface area contributed by atoms with Gasteiger partial charge in [0.1, 0.15) is 5.00 Å². The van der Waals surface area contributed by atoms with Crippen LogP contribution in [-0.2, 0) is 23.8 Å². The number of nitrogens with zero attached hydrogens (tertiary/aromatic N) is 3. The van der Waals surface area contributed by atoms with E-state index in [1.165, 1.54) is 22.7 Å². The van der Waals surface area contributed by atoms with Crippen molar-refractivity contribution in [2.45, 2.75) is 39.3 Å². The lowest BCUT2D eigenvalue weighted by molar-refractivity contribution is -0.142. The number of fused-ring (bicyclic) bond motifs is 2. The first-order chi connectivity index (χ1) is 17.6. The summed E-state index contributed by atoms with van der Waals surface area (Å²) in [6, 6.07) is 4.29. The molecule has 13 heteroatoms. The molecule has 0 fully saturated rings. The van der Waals surface area contributed by atoms with Gasteiger partial charge >= 0.3 is 12.1 Å². The summed E-state index contributed by atoms with van der Waals surface area (Å²) < 4.78 is 47.7. The first-order valence-electron chi connectivity index (χ1n) is 11.4. The van der Waals surface area contributed by atoms with Crippen molar-refractivity contribution in [1.82, 2.24) is 14.6 Å². The molecule has 0 saturated heterocycles. The van der Waals surface area contributed by atoms with Crippen LogP contribution in [0.5, 0.6) is 0 Å². The number of carbonyl (C=O) groups is 2. The van der Waals surface area contributed by atoms with Crippen LogP contribution in [0.4, 0.5) is 18.2 Å². The molecule has 4 heterocycles. The van der Waals surface area contributed by atoms with Gasteiger partial charge in [-0.05, 0) is 71.1 Å². The van der Waals surface area contributed by atoms with Crippen LogP contribution in [0.2, 0.25) is 0 Å². The maximum atomic E-state index is 14.0. The molecule has 0 saturated carbocycles. The van der Waals surface area contributed by atoms with E-state index >= 15 is 0 Å². The predicted molar refractivity (Wildman–Crippen MR) is 138 cm³/mol. The van der Waals surface area contributed by atoms with E-state index < -0.39 is 23.7 Å². The zero-order valence-electron chi connectivity index (χ0n) is 19.6. The highest BCUT2D eigenvalue weighted by Gasteiger charge is 2.37. The lowest BCUT2D eigenvalue weighted by atomic mass is 9.88. The Bertz CT molecular complexity index is 1510. The number of ether oxygens (including phenoxy) is 1. The number of aromatic nitrogens is 3. The molecular formula is C24H20BrF3N4O3S2. The van der Waals surface area contributed by atoms with Gasteiger partial charge in [0, 0.05) is 4.88 Å². The first-order valence-corrected chi connectivity index (χ1v) is 13.9. The Kier molecular flexibility index (Phi) is 6.88. The van der Waals surface area contributed by atoms with E-state index in [9.17, 15) is 22.8 Å². The highest BCUT2D eigenvalue weighted by Crippen LogP contribution is 2.41. The summed E-state index contributed by atoms with van der Waals surface area (Å²) in [6.45, 7) is 3.98. The predicted octanol–water partition coefficient (Wildman–Crippen LogP) is 6.85.